The second-order valence-electron chi connectivity index (χ2n) is 9.65. The van der Waals surface area contributed by atoms with E-state index in [9.17, 15) is 14.7 Å². The molecule has 7 heteroatoms. The van der Waals surface area contributed by atoms with E-state index in [4.69, 9.17) is 14.2 Å². The largest absolute Gasteiger partial charge is 0.507 e. The predicted molar refractivity (Wildman–Crippen MR) is 146 cm³/mol. The maximum Gasteiger partial charge on any atom is 0.295 e. The van der Waals surface area contributed by atoms with E-state index in [2.05, 4.69) is 0 Å². The van der Waals surface area contributed by atoms with E-state index in [0.29, 0.717) is 22.6 Å². The Labute approximate surface area is 223 Å². The molecule has 1 N–H and O–H groups in total. The zero-order chi connectivity index (χ0) is 27.6. The number of carbonyl (C=O) groups excluding carboxylic acids is 2. The van der Waals surface area contributed by atoms with Crippen LogP contribution in [0.15, 0.2) is 66.2 Å². The fraction of sp³-hybridized carbons (Fsp3) is 0.290. The van der Waals surface area contributed by atoms with Gasteiger partial charge < -0.3 is 24.2 Å². The Morgan fingerprint density at radius 2 is 1.53 bits per heavy atom. The molecule has 0 aromatic heterocycles. The highest BCUT2D eigenvalue weighted by atomic mass is 16.5. The topological polar surface area (TPSA) is 85.3 Å². The van der Waals surface area contributed by atoms with Crippen molar-refractivity contribution < 1.29 is 28.9 Å². The van der Waals surface area contributed by atoms with Gasteiger partial charge in [0, 0.05) is 12.1 Å². The average Bonchev–Trinajstić information content (AvgIpc) is 3.15. The molecule has 1 saturated heterocycles. The lowest BCUT2D eigenvalue weighted by Gasteiger charge is -2.26. The first kappa shape index (κ1) is 26.8. The molecule has 1 amide bonds. The lowest BCUT2D eigenvalue weighted by Crippen LogP contribution is -2.29. The highest BCUT2D eigenvalue weighted by molar-refractivity contribution is 6.46. The van der Waals surface area contributed by atoms with Crippen molar-refractivity contribution in [3.8, 4) is 17.2 Å². The number of aryl methyl sites for hydroxylation is 2. The molecule has 1 atom stereocenters. The Morgan fingerprint density at radius 1 is 0.895 bits per heavy atom. The molecule has 1 aliphatic heterocycles. The number of ketones is 1. The molecule has 4 rings (SSSR count). The minimum absolute atomic E-state index is 0.0406. The lowest BCUT2D eigenvalue weighted by molar-refractivity contribution is -0.140. The number of nitrogens with zero attached hydrogens (tertiary/aromatic N) is 1. The molecule has 0 saturated carbocycles. The Bertz CT molecular complexity index is 1370. The second kappa shape index (κ2) is 11.0. The zero-order valence-electron chi connectivity index (χ0n) is 22.6. The van der Waals surface area contributed by atoms with Crippen LogP contribution in [-0.2, 0) is 16.1 Å². The normalized spacial score (nSPS) is 16.7. The van der Waals surface area contributed by atoms with Crippen molar-refractivity contribution in [1.29, 1.82) is 0 Å². The van der Waals surface area contributed by atoms with Gasteiger partial charge in [-0.1, -0.05) is 24.3 Å². The van der Waals surface area contributed by atoms with Gasteiger partial charge in [-0.15, -0.1) is 0 Å². The predicted octanol–water partition coefficient (Wildman–Crippen LogP) is 5.73. The van der Waals surface area contributed by atoms with Gasteiger partial charge in [0.15, 0.2) is 0 Å². The zero-order valence-corrected chi connectivity index (χ0v) is 22.6. The fourth-order valence-electron chi connectivity index (χ4n) is 4.73. The summed E-state index contributed by atoms with van der Waals surface area (Å²) in [5.41, 5.74) is 3.58. The summed E-state index contributed by atoms with van der Waals surface area (Å²) in [6, 6.07) is 17.4. The molecule has 7 nitrogen and oxygen atoms in total. The van der Waals surface area contributed by atoms with Crippen molar-refractivity contribution in [3.63, 3.8) is 0 Å². The smallest absolute Gasteiger partial charge is 0.295 e. The molecule has 0 spiro atoms. The van der Waals surface area contributed by atoms with E-state index in [1.165, 1.54) is 4.90 Å². The summed E-state index contributed by atoms with van der Waals surface area (Å²) in [7, 11) is 3.15. The summed E-state index contributed by atoms with van der Waals surface area (Å²) in [6.45, 7) is 7.78. The summed E-state index contributed by atoms with van der Waals surface area (Å²) in [5.74, 6) is 0.441. The van der Waals surface area contributed by atoms with Crippen LogP contribution in [0.3, 0.4) is 0 Å². The van der Waals surface area contributed by atoms with Crippen LogP contribution in [0.5, 0.6) is 17.2 Å². The molecule has 3 aromatic carbocycles. The minimum atomic E-state index is -0.783. The van der Waals surface area contributed by atoms with Gasteiger partial charge in [-0.2, -0.15) is 0 Å². The Balaban J connectivity index is 1.82. The van der Waals surface area contributed by atoms with Crippen LogP contribution in [0.1, 0.15) is 47.7 Å². The lowest BCUT2D eigenvalue weighted by atomic mass is 9.93. The number of aliphatic hydroxyl groups is 1. The third-order valence-corrected chi connectivity index (χ3v) is 6.62. The molecule has 0 aliphatic carbocycles. The average molecular weight is 516 g/mol. The molecule has 3 aromatic rings. The van der Waals surface area contributed by atoms with Crippen molar-refractivity contribution in [2.24, 2.45) is 0 Å². The van der Waals surface area contributed by atoms with Crippen LogP contribution in [0, 0.1) is 13.8 Å². The maximum atomic E-state index is 13.4. The molecular formula is C31H33NO6. The van der Waals surface area contributed by atoms with Gasteiger partial charge >= 0.3 is 0 Å². The fourth-order valence-corrected chi connectivity index (χ4v) is 4.73. The first-order valence-electron chi connectivity index (χ1n) is 12.5. The number of methoxy groups -OCH3 is 2. The van der Waals surface area contributed by atoms with Crippen LogP contribution in [0.2, 0.25) is 0 Å². The van der Waals surface area contributed by atoms with Gasteiger partial charge in [0.2, 0.25) is 0 Å². The van der Waals surface area contributed by atoms with Gasteiger partial charge in [-0.25, -0.2) is 0 Å². The highest BCUT2D eigenvalue weighted by Crippen LogP contribution is 2.41. The number of ether oxygens (including phenoxy) is 3. The first-order valence-corrected chi connectivity index (χ1v) is 12.5. The molecule has 0 bridgehead atoms. The number of rotatable bonds is 8. The van der Waals surface area contributed by atoms with Crippen LogP contribution in [0.25, 0.3) is 5.76 Å². The van der Waals surface area contributed by atoms with Gasteiger partial charge in [0.1, 0.15) is 23.0 Å². The number of aliphatic hydroxyl groups excluding tert-OH is 1. The third-order valence-electron chi connectivity index (χ3n) is 6.62. The Hall–Kier alpha value is -4.26. The van der Waals surface area contributed by atoms with Crippen molar-refractivity contribution >= 4 is 17.4 Å². The monoisotopic (exact) mass is 515 g/mol. The second-order valence-corrected chi connectivity index (χ2v) is 9.65. The van der Waals surface area contributed by atoms with Crippen molar-refractivity contribution in [1.82, 2.24) is 4.90 Å². The molecule has 198 valence electrons. The van der Waals surface area contributed by atoms with Crippen LogP contribution in [-0.4, -0.2) is 42.0 Å². The molecule has 38 heavy (non-hydrogen) atoms. The maximum absolute atomic E-state index is 13.4. The van der Waals surface area contributed by atoms with E-state index in [0.717, 1.165) is 22.4 Å². The first-order chi connectivity index (χ1) is 18.1. The van der Waals surface area contributed by atoms with Crippen LogP contribution in [0.4, 0.5) is 0 Å². The van der Waals surface area contributed by atoms with Gasteiger partial charge in [-0.05, 0) is 86.3 Å². The number of carbonyl (C=O) groups is 2. The van der Waals surface area contributed by atoms with E-state index >= 15 is 0 Å². The summed E-state index contributed by atoms with van der Waals surface area (Å²) in [6.07, 6.45) is 0.0406. The number of hydrogen-bond acceptors (Lipinski definition) is 6. The van der Waals surface area contributed by atoms with E-state index in [1.54, 1.807) is 44.6 Å². The van der Waals surface area contributed by atoms with E-state index < -0.39 is 17.7 Å². The Morgan fingerprint density at radius 3 is 2.11 bits per heavy atom. The molecule has 0 radical (unpaired) electrons. The van der Waals surface area contributed by atoms with Gasteiger partial charge in [0.25, 0.3) is 11.7 Å². The van der Waals surface area contributed by atoms with Crippen molar-refractivity contribution in [2.75, 3.05) is 14.2 Å². The number of benzene rings is 3. The highest BCUT2D eigenvalue weighted by Gasteiger charge is 2.46. The summed E-state index contributed by atoms with van der Waals surface area (Å²) < 4.78 is 16.4. The van der Waals surface area contributed by atoms with Crippen LogP contribution < -0.4 is 14.2 Å². The minimum Gasteiger partial charge on any atom is -0.507 e. The Kier molecular flexibility index (Phi) is 7.76. The number of hydrogen-bond donors (Lipinski definition) is 1. The quantitative estimate of drug-likeness (QED) is 0.234. The summed E-state index contributed by atoms with van der Waals surface area (Å²) >= 11 is 0. The number of likely N-dealkylation sites (tertiary alicyclic amines) is 1. The van der Waals surface area contributed by atoms with E-state index in [1.807, 2.05) is 58.0 Å². The van der Waals surface area contributed by atoms with Crippen LogP contribution >= 0.6 is 0 Å². The molecular weight excluding hydrogens is 482 g/mol. The standard InChI is InChI=1S/C31H33NO6/c1-18(2)38-24-11-7-21(8-12-24)17-32-28(22-9-13-23(36-5)14-10-22)27(30(34)31(32)35)29(33)25-15-20(4)26(37-6)16-19(25)3/h7-16,18,28,33H,17H2,1-6H3/b29-27+. The van der Waals surface area contributed by atoms with E-state index in [-0.39, 0.29) is 24.0 Å². The molecule has 1 fully saturated rings. The number of Topliss-reactive ketones (excluding diaryl/α,β-unsaturated/α-hetero) is 1. The summed E-state index contributed by atoms with van der Waals surface area (Å²) in [4.78, 5) is 28.3. The molecule has 1 aliphatic rings. The molecule has 1 heterocycles. The molecule has 1 unspecified atom stereocenters. The van der Waals surface area contributed by atoms with Gasteiger partial charge in [0.05, 0.1) is 31.9 Å². The SMILES string of the molecule is COc1ccc(C2/C(=C(\O)c3cc(C)c(OC)cc3C)C(=O)C(=O)N2Cc2ccc(OC(C)C)cc2)cc1. The third kappa shape index (κ3) is 5.23. The number of amides is 1. The van der Waals surface area contributed by atoms with Gasteiger partial charge in [-0.3, -0.25) is 9.59 Å². The summed E-state index contributed by atoms with van der Waals surface area (Å²) in [5, 5.41) is 11.5. The van der Waals surface area contributed by atoms with Crippen molar-refractivity contribution in [2.45, 2.75) is 46.4 Å². The van der Waals surface area contributed by atoms with Crippen molar-refractivity contribution in [3.05, 3.63) is 94.1 Å².